The van der Waals surface area contributed by atoms with Crippen LogP contribution >= 0.6 is 38.1 Å². The molecule has 3 saturated heterocycles. The molecule has 3 aliphatic heterocycles. The first-order chi connectivity index (χ1) is 21.7. The minimum Gasteiger partial charge on any atom is -0.369 e. The predicted molar refractivity (Wildman–Crippen MR) is 158 cm³/mol. The third kappa shape index (κ3) is 5.55. The van der Waals surface area contributed by atoms with Crippen LogP contribution in [-0.4, -0.2) is 89.0 Å². The maximum atomic E-state index is 16.0. The van der Waals surface area contributed by atoms with Gasteiger partial charge < -0.3 is 20.9 Å². The molecule has 3 unspecified atom stereocenters. The molecule has 26 heteroatoms. The smallest absolute Gasteiger partial charge is 0.369 e. The van der Waals surface area contributed by atoms with Crippen LogP contribution in [0.3, 0.4) is 0 Å². The molecule has 7 heterocycles. The number of halogens is 2. The van der Waals surface area contributed by atoms with Crippen LogP contribution in [0.2, 0.25) is 0 Å². The van der Waals surface area contributed by atoms with Crippen LogP contribution in [0.1, 0.15) is 12.5 Å². The summed E-state index contributed by atoms with van der Waals surface area (Å²) in [6.07, 6.45) is -11.7. The van der Waals surface area contributed by atoms with Crippen LogP contribution in [0.15, 0.2) is 22.2 Å². The van der Waals surface area contributed by atoms with Gasteiger partial charge in [0.05, 0.1) is 25.9 Å². The molecule has 0 aliphatic carbocycles. The summed E-state index contributed by atoms with van der Waals surface area (Å²) in [6.45, 7) is -10.4. The van der Waals surface area contributed by atoms with Gasteiger partial charge in [-0.1, -0.05) is 24.5 Å². The Hall–Kier alpha value is -2.92. The topological polar surface area (TPSA) is 269 Å². The molecular weight excluding hydrogens is 704 g/mol. The number of nitrogens with one attached hydrogen (secondary N) is 2. The van der Waals surface area contributed by atoms with Gasteiger partial charge in [-0.15, -0.1) is 0 Å². The number of alkyl halides is 2. The lowest BCUT2D eigenvalue weighted by molar-refractivity contribution is -0.0544. The van der Waals surface area contributed by atoms with E-state index >= 15 is 8.78 Å². The number of nitrogen functional groups attached to an aromatic ring is 2. The fourth-order valence-corrected chi connectivity index (χ4v) is 8.28. The number of H-pyrrole nitrogens is 2. The highest BCUT2D eigenvalue weighted by molar-refractivity contribution is 8.44. The molecule has 0 saturated carbocycles. The summed E-state index contributed by atoms with van der Waals surface area (Å²) in [5, 5.41) is 0. The summed E-state index contributed by atoms with van der Waals surface area (Å²) >= 11 is 7.90. The van der Waals surface area contributed by atoms with Crippen molar-refractivity contribution in [2.45, 2.75) is 49.2 Å². The SMILES string of the molecule is Nc1nc2c(ncn2[C@@H]2OC3CO[P@@](=O)(S)OC4C(CO[P@](=O)(S)O[C@H]3[C@H]2F)O[C@@H](n2cnc3c(=O)[nH]c(N)nc32)[C@@H]4F)c(=O)[nH]1. The summed E-state index contributed by atoms with van der Waals surface area (Å²) in [5.41, 5.74) is 9.24. The first-order valence-corrected chi connectivity index (χ1v) is 18.5. The number of fused-ring (bicyclic) bond motifs is 4. The summed E-state index contributed by atoms with van der Waals surface area (Å²) in [4.78, 5) is 44.7. The fraction of sp³-hybridized carbons (Fsp3) is 0.500. The number of ether oxygens (including phenoxy) is 2. The van der Waals surface area contributed by atoms with Gasteiger partial charge in [-0.05, 0) is 0 Å². The van der Waals surface area contributed by atoms with E-state index in [0.29, 0.717) is 0 Å². The van der Waals surface area contributed by atoms with E-state index < -0.39 is 87.1 Å². The van der Waals surface area contributed by atoms with Gasteiger partial charge in [0.2, 0.25) is 11.9 Å². The number of imidazole rings is 2. The molecular formula is C20H22F2N10O10P2S2. The Labute approximate surface area is 263 Å². The van der Waals surface area contributed by atoms with Gasteiger partial charge in [-0.2, -0.15) is 9.97 Å². The van der Waals surface area contributed by atoms with Gasteiger partial charge in [0, 0.05) is 0 Å². The van der Waals surface area contributed by atoms with E-state index in [0.717, 1.165) is 21.8 Å². The molecule has 0 bridgehead atoms. The molecule has 0 radical (unpaired) electrons. The lowest BCUT2D eigenvalue weighted by Crippen LogP contribution is -2.36. The minimum atomic E-state index is -4.48. The number of thiol groups is 2. The average molecular weight is 727 g/mol. The number of nitrogens with zero attached hydrogens (tertiary/aromatic N) is 6. The largest absolute Gasteiger partial charge is 0.386 e. The van der Waals surface area contributed by atoms with E-state index in [-0.39, 0.29) is 34.2 Å². The first-order valence-electron chi connectivity index (χ1n) is 13.1. The van der Waals surface area contributed by atoms with Crippen molar-refractivity contribution in [3.8, 4) is 0 Å². The Morgan fingerprint density at radius 3 is 1.57 bits per heavy atom. The second kappa shape index (κ2) is 11.4. The normalized spacial score (nSPS) is 37.1. The molecule has 46 heavy (non-hydrogen) atoms. The lowest BCUT2D eigenvalue weighted by atomic mass is 10.1. The second-order valence-corrected chi connectivity index (χ2v) is 16.0. The Balaban J connectivity index is 1.18. The zero-order valence-electron chi connectivity index (χ0n) is 22.7. The van der Waals surface area contributed by atoms with E-state index in [9.17, 15) is 18.7 Å². The van der Waals surface area contributed by atoms with Crippen molar-refractivity contribution in [3.63, 3.8) is 0 Å². The van der Waals surface area contributed by atoms with E-state index in [2.05, 4.69) is 54.4 Å². The monoisotopic (exact) mass is 726 g/mol. The number of aromatic nitrogens is 8. The number of rotatable bonds is 2. The van der Waals surface area contributed by atoms with Crippen molar-refractivity contribution < 1.29 is 45.5 Å². The standard InChI is InChI=1S/C20H22F2N10O10P2S2/c21-7-11-5(39-17(7)31-3-25-9-13(31)27-19(23)29-15(9)33)1-37-43(35,45)42-12-6(2-38-44(36,46)41-11)40-18(8(12)22)32-4-26-10-14(32)28-20(24)30-16(10)34/h3-8,11-12,17-18H,1-2H2,(H,35,45)(H,36,46)(H3,23,27,29,33)(H3,24,28,30,34)/t5?,6?,7-,8-,11-,12?,17-,18-,43-,44+/m1/s1. The van der Waals surface area contributed by atoms with Gasteiger partial charge in [0.25, 0.3) is 11.1 Å². The molecule has 3 aliphatic rings. The van der Waals surface area contributed by atoms with E-state index in [1.165, 1.54) is 0 Å². The molecule has 10 atom stereocenters. The number of anilines is 2. The van der Waals surface area contributed by atoms with Crippen molar-refractivity contribution in [2.24, 2.45) is 0 Å². The molecule has 6 N–H and O–H groups in total. The highest BCUT2D eigenvalue weighted by atomic mass is 32.7. The summed E-state index contributed by atoms with van der Waals surface area (Å²) in [5.74, 6) is -0.562. The van der Waals surface area contributed by atoms with Crippen molar-refractivity contribution in [1.82, 2.24) is 39.0 Å². The highest BCUT2D eigenvalue weighted by Gasteiger charge is 2.54. The third-order valence-electron chi connectivity index (χ3n) is 7.30. The molecule has 0 aromatic carbocycles. The van der Waals surface area contributed by atoms with Gasteiger partial charge in [0.15, 0.2) is 47.1 Å². The Kier molecular flexibility index (Phi) is 7.82. The zero-order valence-corrected chi connectivity index (χ0v) is 26.2. The van der Waals surface area contributed by atoms with Crippen LogP contribution in [-0.2, 0) is 36.7 Å². The quantitative estimate of drug-likeness (QED) is 0.123. The maximum Gasteiger partial charge on any atom is 0.386 e. The molecule has 7 rings (SSSR count). The van der Waals surface area contributed by atoms with Crippen LogP contribution in [0, 0.1) is 0 Å². The van der Waals surface area contributed by atoms with Gasteiger partial charge >= 0.3 is 13.6 Å². The molecule has 0 amide bonds. The summed E-state index contributed by atoms with van der Waals surface area (Å²) < 4.78 is 93.9. The van der Waals surface area contributed by atoms with Crippen LogP contribution in [0.25, 0.3) is 22.3 Å². The third-order valence-corrected chi connectivity index (χ3v) is 10.5. The van der Waals surface area contributed by atoms with Crippen molar-refractivity contribution in [1.29, 1.82) is 0 Å². The highest BCUT2D eigenvalue weighted by Crippen LogP contribution is 2.60. The Morgan fingerprint density at radius 1 is 0.783 bits per heavy atom. The van der Waals surface area contributed by atoms with Crippen LogP contribution in [0.5, 0.6) is 0 Å². The fourth-order valence-electron chi connectivity index (χ4n) is 5.32. The Bertz CT molecular complexity index is 1920. The first kappa shape index (κ1) is 31.7. The second-order valence-electron chi connectivity index (χ2n) is 10.2. The van der Waals surface area contributed by atoms with Crippen molar-refractivity contribution in [3.05, 3.63) is 33.4 Å². The van der Waals surface area contributed by atoms with Gasteiger partial charge in [0.1, 0.15) is 24.4 Å². The van der Waals surface area contributed by atoms with Crippen molar-refractivity contribution >= 4 is 72.3 Å². The lowest BCUT2D eigenvalue weighted by Gasteiger charge is -2.28. The van der Waals surface area contributed by atoms with Crippen LogP contribution in [0.4, 0.5) is 20.7 Å². The number of nitrogens with two attached hydrogens (primary N) is 2. The van der Waals surface area contributed by atoms with Crippen LogP contribution < -0.4 is 22.6 Å². The molecule has 4 aromatic heterocycles. The molecule has 3 fully saturated rings. The number of hydrogen-bond donors (Lipinski definition) is 6. The zero-order chi connectivity index (χ0) is 32.7. The summed E-state index contributed by atoms with van der Waals surface area (Å²) in [7, 11) is 0. The van der Waals surface area contributed by atoms with E-state index in [4.69, 9.17) is 39.0 Å². The predicted octanol–water partition coefficient (Wildman–Crippen LogP) is 0.781. The average Bonchev–Trinajstić information content (AvgIpc) is 3.72. The number of hydrogen-bond acceptors (Lipinski definition) is 16. The maximum absolute atomic E-state index is 16.0. The van der Waals surface area contributed by atoms with E-state index in [1.54, 1.807) is 0 Å². The summed E-state index contributed by atoms with van der Waals surface area (Å²) in [6, 6.07) is 0. The number of aromatic amines is 2. The molecule has 4 aromatic rings. The Morgan fingerprint density at radius 2 is 1.17 bits per heavy atom. The molecule has 20 nitrogen and oxygen atoms in total. The minimum absolute atomic E-state index is 0.137. The molecule has 248 valence electrons. The molecule has 0 spiro atoms. The van der Waals surface area contributed by atoms with Crippen molar-refractivity contribution in [2.75, 3.05) is 24.7 Å². The van der Waals surface area contributed by atoms with E-state index in [1.807, 2.05) is 0 Å². The van der Waals surface area contributed by atoms with Gasteiger partial charge in [-0.3, -0.25) is 46.8 Å². The van der Waals surface area contributed by atoms with Gasteiger partial charge in [-0.25, -0.2) is 27.9 Å².